The van der Waals surface area contributed by atoms with Gasteiger partial charge in [0.05, 0.1) is 11.1 Å². The number of hydrogen-bond donors (Lipinski definition) is 2. The zero-order valence-electron chi connectivity index (χ0n) is 9.72. The minimum Gasteiger partial charge on any atom is -0.505 e. The number of nitrogens with one attached hydrogen (secondary N) is 1. The molecule has 0 fully saturated rings. The maximum absolute atomic E-state index is 13.1. The van der Waals surface area contributed by atoms with Gasteiger partial charge in [0, 0.05) is 10.9 Å². The molecule has 2 aromatic carbocycles. The molecule has 5 heteroatoms. The zero-order valence-corrected chi connectivity index (χ0v) is 9.72. The van der Waals surface area contributed by atoms with Gasteiger partial charge in [-0.05, 0) is 24.3 Å². The Morgan fingerprint density at radius 2 is 1.84 bits per heavy atom. The quantitative estimate of drug-likeness (QED) is 0.702. The summed E-state index contributed by atoms with van der Waals surface area (Å²) in [5.74, 6) is -1.15. The van der Waals surface area contributed by atoms with Crippen LogP contribution in [0.25, 0.3) is 22.0 Å². The van der Waals surface area contributed by atoms with Crippen LogP contribution in [-0.2, 0) is 0 Å². The van der Waals surface area contributed by atoms with Gasteiger partial charge in [-0.1, -0.05) is 18.2 Å². The van der Waals surface area contributed by atoms with Crippen LogP contribution < -0.4 is 5.56 Å². The summed E-state index contributed by atoms with van der Waals surface area (Å²) in [4.78, 5) is 11.7. The molecule has 1 heterocycles. The molecule has 0 aliphatic carbocycles. The Balaban J connectivity index is 2.34. The molecule has 0 bridgehead atoms. The SMILES string of the molecule is O=c1[nH]nc(-c2ccc(F)c(O)c2)c2ccccc12. The molecule has 0 saturated heterocycles. The average Bonchev–Trinajstić information content (AvgIpc) is 2.43. The van der Waals surface area contributed by atoms with E-state index in [1.807, 2.05) is 0 Å². The monoisotopic (exact) mass is 256 g/mol. The molecule has 0 saturated carbocycles. The number of hydrogen-bond acceptors (Lipinski definition) is 3. The highest BCUT2D eigenvalue weighted by Gasteiger charge is 2.10. The maximum atomic E-state index is 13.1. The van der Waals surface area contributed by atoms with Crippen molar-refractivity contribution in [2.24, 2.45) is 0 Å². The van der Waals surface area contributed by atoms with E-state index < -0.39 is 11.6 Å². The summed E-state index contributed by atoms with van der Waals surface area (Å²) >= 11 is 0. The number of H-pyrrole nitrogens is 1. The molecule has 0 amide bonds. The van der Waals surface area contributed by atoms with Crippen LogP contribution in [0.4, 0.5) is 4.39 Å². The Bertz CT molecular complexity index is 827. The molecule has 2 N–H and O–H groups in total. The zero-order chi connectivity index (χ0) is 13.4. The number of rotatable bonds is 1. The van der Waals surface area contributed by atoms with Crippen LogP contribution in [0.3, 0.4) is 0 Å². The van der Waals surface area contributed by atoms with E-state index in [0.29, 0.717) is 22.0 Å². The maximum Gasteiger partial charge on any atom is 0.272 e. The van der Waals surface area contributed by atoms with Gasteiger partial charge in [0.1, 0.15) is 0 Å². The van der Waals surface area contributed by atoms with Crippen molar-refractivity contribution in [3.8, 4) is 17.0 Å². The predicted octanol–water partition coefficient (Wildman–Crippen LogP) is 2.43. The third-order valence-corrected chi connectivity index (χ3v) is 2.92. The highest BCUT2D eigenvalue weighted by molar-refractivity contribution is 5.93. The molecule has 0 aliphatic heterocycles. The summed E-state index contributed by atoms with van der Waals surface area (Å²) in [6, 6.07) is 10.9. The van der Waals surface area contributed by atoms with E-state index in [9.17, 15) is 14.3 Å². The van der Waals surface area contributed by atoms with Crippen LogP contribution >= 0.6 is 0 Å². The Morgan fingerprint density at radius 3 is 2.58 bits per heavy atom. The fourth-order valence-corrected chi connectivity index (χ4v) is 1.99. The van der Waals surface area contributed by atoms with Crippen molar-refractivity contribution in [3.63, 3.8) is 0 Å². The molecule has 0 atom stereocenters. The standard InChI is InChI=1S/C14H9FN2O2/c15-11-6-5-8(7-12(11)18)13-9-3-1-2-4-10(9)14(19)17-16-13/h1-7,18H,(H,17,19). The van der Waals surface area contributed by atoms with Gasteiger partial charge in [-0.25, -0.2) is 9.49 Å². The Morgan fingerprint density at radius 1 is 1.11 bits per heavy atom. The van der Waals surface area contributed by atoms with Gasteiger partial charge in [-0.15, -0.1) is 0 Å². The van der Waals surface area contributed by atoms with Gasteiger partial charge in [-0.2, -0.15) is 5.10 Å². The second-order valence-corrected chi connectivity index (χ2v) is 4.11. The number of aromatic hydroxyl groups is 1. The number of nitrogens with zero attached hydrogens (tertiary/aromatic N) is 1. The van der Waals surface area contributed by atoms with Crippen LogP contribution in [0.2, 0.25) is 0 Å². The molecule has 94 valence electrons. The molecular weight excluding hydrogens is 247 g/mol. The number of fused-ring (bicyclic) bond motifs is 1. The predicted molar refractivity (Wildman–Crippen MR) is 69.4 cm³/mol. The van der Waals surface area contributed by atoms with Crippen LogP contribution in [0.1, 0.15) is 0 Å². The fourth-order valence-electron chi connectivity index (χ4n) is 1.99. The Hall–Kier alpha value is -2.69. The number of benzene rings is 2. The van der Waals surface area contributed by atoms with Crippen molar-refractivity contribution in [1.29, 1.82) is 0 Å². The first kappa shape index (κ1) is 11.4. The largest absolute Gasteiger partial charge is 0.505 e. The minimum absolute atomic E-state index is 0.286. The van der Waals surface area contributed by atoms with E-state index in [2.05, 4.69) is 10.2 Å². The van der Waals surface area contributed by atoms with Crippen molar-refractivity contribution in [3.05, 3.63) is 58.6 Å². The summed E-state index contributed by atoms with van der Waals surface area (Å²) in [5.41, 5.74) is 0.738. The second-order valence-electron chi connectivity index (χ2n) is 4.11. The lowest BCUT2D eigenvalue weighted by atomic mass is 10.0. The van der Waals surface area contributed by atoms with E-state index in [1.165, 1.54) is 12.1 Å². The third-order valence-electron chi connectivity index (χ3n) is 2.92. The molecule has 1 aromatic heterocycles. The summed E-state index contributed by atoms with van der Waals surface area (Å²) in [5, 5.41) is 16.9. The van der Waals surface area contributed by atoms with Gasteiger partial charge in [0.15, 0.2) is 11.6 Å². The molecule has 19 heavy (non-hydrogen) atoms. The average molecular weight is 256 g/mol. The first-order chi connectivity index (χ1) is 9.16. The summed E-state index contributed by atoms with van der Waals surface area (Å²) in [7, 11) is 0. The molecule has 3 rings (SSSR count). The van der Waals surface area contributed by atoms with E-state index in [4.69, 9.17) is 0 Å². The van der Waals surface area contributed by atoms with E-state index in [-0.39, 0.29) is 5.56 Å². The molecule has 0 radical (unpaired) electrons. The van der Waals surface area contributed by atoms with Crippen molar-refractivity contribution < 1.29 is 9.50 Å². The number of phenolic OH excluding ortho intramolecular Hbond substituents is 1. The smallest absolute Gasteiger partial charge is 0.272 e. The van der Waals surface area contributed by atoms with Crippen LogP contribution in [0.5, 0.6) is 5.75 Å². The number of phenols is 1. The molecular formula is C14H9FN2O2. The van der Waals surface area contributed by atoms with Gasteiger partial charge in [-0.3, -0.25) is 4.79 Å². The van der Waals surface area contributed by atoms with Gasteiger partial charge >= 0.3 is 0 Å². The summed E-state index contributed by atoms with van der Waals surface area (Å²) in [6.45, 7) is 0. The molecule has 0 unspecified atom stereocenters. The highest BCUT2D eigenvalue weighted by atomic mass is 19.1. The van der Waals surface area contributed by atoms with E-state index in [0.717, 1.165) is 6.07 Å². The summed E-state index contributed by atoms with van der Waals surface area (Å²) in [6.07, 6.45) is 0. The first-order valence-electron chi connectivity index (χ1n) is 5.63. The van der Waals surface area contributed by atoms with Crippen molar-refractivity contribution in [2.75, 3.05) is 0 Å². The summed E-state index contributed by atoms with van der Waals surface area (Å²) < 4.78 is 13.1. The molecule has 0 spiro atoms. The normalized spacial score (nSPS) is 10.8. The second kappa shape index (κ2) is 4.20. The highest BCUT2D eigenvalue weighted by Crippen LogP contribution is 2.27. The van der Waals surface area contributed by atoms with Crippen molar-refractivity contribution in [1.82, 2.24) is 10.2 Å². The van der Waals surface area contributed by atoms with Crippen LogP contribution in [0.15, 0.2) is 47.3 Å². The number of aromatic nitrogens is 2. The number of aromatic amines is 1. The Kier molecular flexibility index (Phi) is 2.52. The van der Waals surface area contributed by atoms with Crippen molar-refractivity contribution in [2.45, 2.75) is 0 Å². The third kappa shape index (κ3) is 1.85. The van der Waals surface area contributed by atoms with Crippen molar-refractivity contribution >= 4 is 10.8 Å². The molecule has 0 aliphatic rings. The van der Waals surface area contributed by atoms with Gasteiger partial charge in [0.2, 0.25) is 0 Å². The molecule has 4 nitrogen and oxygen atoms in total. The van der Waals surface area contributed by atoms with E-state index >= 15 is 0 Å². The van der Waals surface area contributed by atoms with Gasteiger partial charge < -0.3 is 5.11 Å². The molecule has 3 aromatic rings. The van der Waals surface area contributed by atoms with Gasteiger partial charge in [0.25, 0.3) is 5.56 Å². The first-order valence-corrected chi connectivity index (χ1v) is 5.63. The topological polar surface area (TPSA) is 66.0 Å². The van der Waals surface area contributed by atoms with E-state index in [1.54, 1.807) is 24.3 Å². The fraction of sp³-hybridized carbons (Fsp3) is 0. The van der Waals surface area contributed by atoms with Crippen LogP contribution in [-0.4, -0.2) is 15.3 Å². The lowest BCUT2D eigenvalue weighted by Crippen LogP contribution is -2.09. The minimum atomic E-state index is -0.697. The number of halogens is 1. The van der Waals surface area contributed by atoms with Crippen LogP contribution in [0, 0.1) is 5.82 Å². The lowest BCUT2D eigenvalue weighted by molar-refractivity contribution is 0.432. The lowest BCUT2D eigenvalue weighted by Gasteiger charge is -2.05. The Labute approximate surface area is 107 Å².